The van der Waals surface area contributed by atoms with E-state index in [2.05, 4.69) is 49.0 Å². The summed E-state index contributed by atoms with van der Waals surface area (Å²) in [6.45, 7) is 6.04. The van der Waals surface area contributed by atoms with Crippen LogP contribution in [0.2, 0.25) is 0 Å². The van der Waals surface area contributed by atoms with Crippen molar-refractivity contribution in [3.05, 3.63) is 83.7 Å². The van der Waals surface area contributed by atoms with Gasteiger partial charge in [-0.25, -0.2) is 15.0 Å². The van der Waals surface area contributed by atoms with Crippen LogP contribution >= 0.6 is 0 Å². The number of aromatic nitrogens is 4. The van der Waals surface area contributed by atoms with Crippen LogP contribution in [0.25, 0.3) is 16.9 Å². The van der Waals surface area contributed by atoms with Crippen molar-refractivity contribution in [1.82, 2.24) is 29.2 Å². The highest BCUT2D eigenvalue weighted by Crippen LogP contribution is 2.48. The first-order chi connectivity index (χ1) is 18.1. The molecule has 37 heavy (non-hydrogen) atoms. The van der Waals surface area contributed by atoms with E-state index in [0.29, 0.717) is 17.9 Å². The summed E-state index contributed by atoms with van der Waals surface area (Å²) < 4.78 is 1.98. The van der Waals surface area contributed by atoms with Crippen LogP contribution in [0, 0.1) is 12.3 Å². The number of amides is 1. The van der Waals surface area contributed by atoms with Gasteiger partial charge in [-0.2, -0.15) is 0 Å². The average Bonchev–Trinajstić information content (AvgIpc) is 3.50. The Labute approximate surface area is 217 Å². The number of nitrogens with zero attached hydrogens (tertiary/aromatic N) is 6. The van der Waals surface area contributed by atoms with Gasteiger partial charge in [0, 0.05) is 55.9 Å². The maximum absolute atomic E-state index is 13.0. The quantitative estimate of drug-likeness (QED) is 0.426. The molecule has 188 valence electrons. The molecule has 1 unspecified atom stereocenters. The third-order valence-corrected chi connectivity index (χ3v) is 8.73. The van der Waals surface area contributed by atoms with Crippen LogP contribution in [0.1, 0.15) is 47.8 Å². The summed E-state index contributed by atoms with van der Waals surface area (Å²) in [4.78, 5) is 31.0. The van der Waals surface area contributed by atoms with Crippen LogP contribution in [0.3, 0.4) is 0 Å². The molecule has 0 saturated carbocycles. The minimum atomic E-state index is 0.203. The predicted octanol–water partition coefficient (Wildman–Crippen LogP) is 4.25. The molecule has 5 heterocycles. The van der Waals surface area contributed by atoms with Gasteiger partial charge < -0.3 is 9.30 Å². The summed E-state index contributed by atoms with van der Waals surface area (Å²) >= 11 is 0. The first-order valence-electron chi connectivity index (χ1n) is 13.4. The van der Waals surface area contributed by atoms with Gasteiger partial charge in [-0.05, 0) is 73.4 Å². The molecule has 0 bridgehead atoms. The van der Waals surface area contributed by atoms with Crippen molar-refractivity contribution in [2.45, 2.75) is 45.1 Å². The highest BCUT2D eigenvalue weighted by molar-refractivity contribution is 5.78. The van der Waals surface area contributed by atoms with Crippen LogP contribution in [0.4, 0.5) is 0 Å². The highest BCUT2D eigenvalue weighted by atomic mass is 16.2. The lowest BCUT2D eigenvalue weighted by atomic mass is 9.71. The van der Waals surface area contributed by atoms with E-state index in [1.165, 1.54) is 23.1 Å². The van der Waals surface area contributed by atoms with Gasteiger partial charge in [-0.1, -0.05) is 18.2 Å². The Morgan fingerprint density at radius 1 is 1.08 bits per heavy atom. The standard InChI is InChI=1S/C30H32N6O/c1-21-14-26(32-20-31-21)23-5-7-25-22(15-23)6-8-27(25)36-18-30(19-36)9-12-34(13-10-30)29(37)16-24-17-35-11-3-2-4-28(35)33-24/h2-5,7,11,14-15,17,20,27H,6,8-10,12-13,16,18-19H2,1H3. The molecule has 2 saturated heterocycles. The second-order valence-corrected chi connectivity index (χ2v) is 11.2. The van der Waals surface area contributed by atoms with Crippen LogP contribution in [0.15, 0.2) is 61.2 Å². The Kier molecular flexibility index (Phi) is 5.36. The molecule has 0 N–H and O–H groups in total. The summed E-state index contributed by atoms with van der Waals surface area (Å²) in [5, 5.41) is 0. The number of likely N-dealkylation sites (tertiary alicyclic amines) is 2. The summed E-state index contributed by atoms with van der Waals surface area (Å²) in [5.74, 6) is 0.203. The van der Waals surface area contributed by atoms with Crippen LogP contribution in [-0.4, -0.2) is 61.2 Å². The molecular weight excluding hydrogens is 460 g/mol. The SMILES string of the molecule is Cc1cc(-c2ccc3c(c2)CCC3N2CC3(CCN(C(=O)Cc4cn5ccccc5n4)CC3)C2)ncn1. The second-order valence-electron chi connectivity index (χ2n) is 11.2. The van der Waals surface area contributed by atoms with Crippen LogP contribution in [0.5, 0.6) is 0 Å². The molecule has 0 radical (unpaired) electrons. The zero-order chi connectivity index (χ0) is 25.0. The largest absolute Gasteiger partial charge is 0.342 e. The molecule has 1 spiro atoms. The Balaban J connectivity index is 0.956. The van der Waals surface area contributed by atoms with E-state index in [4.69, 9.17) is 0 Å². The van der Waals surface area contributed by atoms with Gasteiger partial charge in [0.15, 0.2) is 0 Å². The number of carbonyl (C=O) groups excluding carboxylic acids is 1. The van der Waals surface area contributed by atoms with Crippen molar-refractivity contribution in [3.63, 3.8) is 0 Å². The molecule has 1 atom stereocenters. The number of fused-ring (bicyclic) bond motifs is 2. The third-order valence-electron chi connectivity index (χ3n) is 8.73. The maximum Gasteiger partial charge on any atom is 0.228 e. The van der Waals surface area contributed by atoms with Crippen molar-refractivity contribution in [3.8, 4) is 11.3 Å². The smallest absolute Gasteiger partial charge is 0.228 e. The molecule has 3 aromatic heterocycles. The molecule has 2 aliphatic heterocycles. The van der Waals surface area contributed by atoms with E-state index in [1.54, 1.807) is 6.33 Å². The highest BCUT2D eigenvalue weighted by Gasteiger charge is 2.48. The molecular formula is C30H32N6O. The monoisotopic (exact) mass is 492 g/mol. The van der Waals surface area contributed by atoms with E-state index in [1.807, 2.05) is 41.9 Å². The maximum atomic E-state index is 13.0. The Hall–Kier alpha value is -3.58. The fourth-order valence-corrected chi connectivity index (χ4v) is 6.67. The van der Waals surface area contributed by atoms with E-state index in [9.17, 15) is 4.79 Å². The van der Waals surface area contributed by atoms with Gasteiger partial charge >= 0.3 is 0 Å². The predicted molar refractivity (Wildman–Crippen MR) is 142 cm³/mol. The lowest BCUT2D eigenvalue weighted by Crippen LogP contribution is -2.61. The van der Waals surface area contributed by atoms with Gasteiger partial charge in [-0.3, -0.25) is 9.69 Å². The third kappa shape index (κ3) is 4.11. The summed E-state index contributed by atoms with van der Waals surface area (Å²) in [6, 6.07) is 15.4. The summed E-state index contributed by atoms with van der Waals surface area (Å²) in [7, 11) is 0. The van der Waals surface area contributed by atoms with Gasteiger partial charge in [-0.15, -0.1) is 0 Å². The Morgan fingerprint density at radius 3 is 2.76 bits per heavy atom. The number of pyridine rings is 1. The molecule has 7 nitrogen and oxygen atoms in total. The number of imidazole rings is 1. The normalized spacial score (nSPS) is 20.8. The van der Waals surface area contributed by atoms with Gasteiger partial charge in [0.05, 0.1) is 17.8 Å². The van der Waals surface area contributed by atoms with Crippen molar-refractivity contribution in [2.75, 3.05) is 26.2 Å². The zero-order valence-electron chi connectivity index (χ0n) is 21.3. The number of rotatable bonds is 4. The minimum absolute atomic E-state index is 0.203. The molecule has 1 amide bonds. The number of carbonyl (C=O) groups is 1. The van der Waals surface area contributed by atoms with Crippen molar-refractivity contribution < 1.29 is 4.79 Å². The van der Waals surface area contributed by atoms with Crippen molar-refractivity contribution >= 4 is 11.6 Å². The number of hydrogen-bond acceptors (Lipinski definition) is 5. The van der Waals surface area contributed by atoms with E-state index < -0.39 is 0 Å². The summed E-state index contributed by atoms with van der Waals surface area (Å²) in [6.07, 6.45) is 10.5. The molecule has 1 aromatic carbocycles. The lowest BCUT2D eigenvalue weighted by Gasteiger charge is -2.56. The fourth-order valence-electron chi connectivity index (χ4n) is 6.67. The number of aryl methyl sites for hydroxylation is 2. The topological polar surface area (TPSA) is 66.6 Å². The van der Waals surface area contributed by atoms with E-state index in [0.717, 1.165) is 68.2 Å². The molecule has 3 aliphatic rings. The number of hydrogen-bond donors (Lipinski definition) is 0. The van der Waals surface area contributed by atoms with Gasteiger partial charge in [0.25, 0.3) is 0 Å². The molecule has 2 fully saturated rings. The number of piperidine rings is 1. The lowest BCUT2D eigenvalue weighted by molar-refractivity contribution is -0.136. The van der Waals surface area contributed by atoms with E-state index in [-0.39, 0.29) is 5.91 Å². The summed E-state index contributed by atoms with van der Waals surface area (Å²) in [5.41, 5.74) is 8.26. The second kappa shape index (κ2) is 8.77. The molecule has 1 aliphatic carbocycles. The first kappa shape index (κ1) is 22.6. The van der Waals surface area contributed by atoms with E-state index >= 15 is 0 Å². The molecule has 7 rings (SSSR count). The zero-order valence-corrected chi connectivity index (χ0v) is 21.3. The average molecular weight is 493 g/mol. The minimum Gasteiger partial charge on any atom is -0.342 e. The Bertz CT molecular complexity index is 1440. The molecule has 4 aromatic rings. The number of benzene rings is 1. The Morgan fingerprint density at radius 2 is 1.95 bits per heavy atom. The first-order valence-corrected chi connectivity index (χ1v) is 13.4. The molecule has 7 heteroatoms. The van der Waals surface area contributed by atoms with Crippen molar-refractivity contribution in [2.24, 2.45) is 5.41 Å². The van der Waals surface area contributed by atoms with Crippen molar-refractivity contribution in [1.29, 1.82) is 0 Å². The fraction of sp³-hybridized carbons (Fsp3) is 0.400. The van der Waals surface area contributed by atoms with Crippen LogP contribution in [-0.2, 0) is 17.6 Å². The van der Waals surface area contributed by atoms with Gasteiger partial charge in [0.2, 0.25) is 5.91 Å². The van der Waals surface area contributed by atoms with Crippen LogP contribution < -0.4 is 0 Å². The van der Waals surface area contributed by atoms with Gasteiger partial charge in [0.1, 0.15) is 12.0 Å².